The first-order valence-corrected chi connectivity index (χ1v) is 5.01. The van der Waals surface area contributed by atoms with Crippen molar-refractivity contribution >= 4 is 14.0 Å². The van der Waals surface area contributed by atoms with Gasteiger partial charge in [-0.2, -0.15) is 0 Å². The van der Waals surface area contributed by atoms with E-state index in [0.717, 1.165) is 0 Å². The van der Waals surface area contributed by atoms with Gasteiger partial charge in [-0.1, -0.05) is 0 Å². The number of nitrogens with two attached hydrogens (primary N) is 1. The molecule has 0 aromatic heterocycles. The largest absolute Gasteiger partial charge is 0.480 e. The Labute approximate surface area is 70.6 Å². The summed E-state index contributed by atoms with van der Waals surface area (Å²) < 4.78 is 10.2. The van der Waals surface area contributed by atoms with E-state index < -0.39 is 20.0 Å². The van der Waals surface area contributed by atoms with Gasteiger partial charge < -0.3 is 21.1 Å². The van der Waals surface area contributed by atoms with Crippen molar-refractivity contribution < 1.29 is 19.4 Å². The minimum absolute atomic E-state index is 0.0109. The van der Waals surface area contributed by atoms with Crippen molar-refractivity contribution in [3.05, 3.63) is 0 Å². The fraction of sp³-hybridized carbons (Fsp3) is 0.800. The van der Waals surface area contributed by atoms with Crippen molar-refractivity contribution in [3.63, 3.8) is 0 Å². The Morgan fingerprint density at radius 3 is 2.67 bits per heavy atom. The van der Waals surface area contributed by atoms with Gasteiger partial charge in [-0.25, -0.2) is 0 Å². The summed E-state index contributed by atoms with van der Waals surface area (Å²) in [6.45, 7) is 0.338. The van der Waals surface area contributed by atoms with Gasteiger partial charge in [-0.15, -0.1) is 0 Å². The number of rotatable bonds is 6. The molecule has 12 heavy (non-hydrogen) atoms. The molecule has 0 heterocycles. The van der Waals surface area contributed by atoms with Crippen LogP contribution in [0.3, 0.4) is 0 Å². The molecule has 0 rings (SSSR count). The summed E-state index contributed by atoms with van der Waals surface area (Å²) in [6.07, 6.45) is 0.265. The van der Waals surface area contributed by atoms with E-state index in [1.54, 1.807) is 0 Å². The van der Waals surface area contributed by atoms with E-state index in [2.05, 4.69) is 5.32 Å². The monoisotopic (exact) mass is 196 g/mol. The lowest BCUT2D eigenvalue weighted by atomic mass is 10.2. The third kappa shape index (κ3) is 6.30. The van der Waals surface area contributed by atoms with E-state index in [1.807, 2.05) is 0 Å². The maximum atomic E-state index is 10.2. The van der Waals surface area contributed by atoms with Crippen molar-refractivity contribution in [2.75, 3.05) is 12.8 Å². The first-order chi connectivity index (χ1) is 5.54. The van der Waals surface area contributed by atoms with Crippen LogP contribution < -0.4 is 11.1 Å². The number of carboxylic acid groups (broad SMARTS) is 1. The molecule has 5 N–H and O–H groups in total. The second-order valence-electron chi connectivity index (χ2n) is 2.30. The summed E-state index contributed by atoms with van der Waals surface area (Å²) in [6, 6.07) is -0.904. The van der Waals surface area contributed by atoms with Crippen LogP contribution in [0.25, 0.3) is 0 Å². The normalized spacial score (nSPS) is 15.5. The Bertz CT molecular complexity index is 175. The lowest BCUT2D eigenvalue weighted by Crippen LogP contribution is -2.33. The predicted molar refractivity (Wildman–Crippen MR) is 44.3 cm³/mol. The summed E-state index contributed by atoms with van der Waals surface area (Å²) in [5.74, 6) is -1.06. The van der Waals surface area contributed by atoms with Gasteiger partial charge in [-0.05, 0) is 13.0 Å². The number of carboxylic acids is 1. The minimum atomic E-state index is -2.50. The van der Waals surface area contributed by atoms with Gasteiger partial charge in [-0.3, -0.25) is 9.36 Å². The van der Waals surface area contributed by atoms with Gasteiger partial charge in [0.1, 0.15) is 6.04 Å². The Morgan fingerprint density at radius 1 is 1.67 bits per heavy atom. The fourth-order valence-corrected chi connectivity index (χ4v) is 0.967. The molecule has 0 bridgehead atoms. The zero-order chi connectivity index (χ0) is 9.56. The second-order valence-corrected chi connectivity index (χ2v) is 3.44. The van der Waals surface area contributed by atoms with Crippen LogP contribution in [0.1, 0.15) is 6.42 Å². The molecule has 2 unspecified atom stereocenters. The molecule has 0 spiro atoms. The third-order valence-corrected chi connectivity index (χ3v) is 1.78. The van der Waals surface area contributed by atoms with E-state index >= 15 is 0 Å². The van der Waals surface area contributed by atoms with Crippen LogP contribution in [0.2, 0.25) is 0 Å². The van der Waals surface area contributed by atoms with Crippen LogP contribution in [0, 0.1) is 0 Å². The van der Waals surface area contributed by atoms with Gasteiger partial charge in [0.25, 0.3) is 0 Å². The first kappa shape index (κ1) is 11.6. The Kier molecular flexibility index (Phi) is 5.92. The van der Waals surface area contributed by atoms with Gasteiger partial charge >= 0.3 is 5.97 Å². The zero-order valence-corrected chi connectivity index (χ0v) is 7.49. The lowest BCUT2D eigenvalue weighted by molar-refractivity contribution is -0.138. The van der Waals surface area contributed by atoms with Crippen LogP contribution in [0.5, 0.6) is 0 Å². The predicted octanol–water partition coefficient (Wildman–Crippen LogP) is -1.20. The average Bonchev–Trinajstić information content (AvgIpc) is 1.97. The first-order valence-electron chi connectivity index (χ1n) is 3.45. The number of hydrogen-bond donors (Lipinski definition) is 4. The zero-order valence-electron chi connectivity index (χ0n) is 6.49. The highest BCUT2D eigenvalue weighted by molar-refractivity contribution is 7.37. The maximum absolute atomic E-state index is 10.2. The van der Waals surface area contributed by atoms with Crippen LogP contribution in [0.4, 0.5) is 0 Å². The van der Waals surface area contributed by atoms with Crippen molar-refractivity contribution in [2.24, 2.45) is 5.73 Å². The van der Waals surface area contributed by atoms with Crippen molar-refractivity contribution in [2.45, 2.75) is 12.5 Å². The topological polar surface area (TPSA) is 113 Å². The molecule has 0 saturated carbocycles. The highest BCUT2D eigenvalue weighted by atomic mass is 31.1. The molecule has 0 fully saturated rings. The molecule has 0 amide bonds. The number of nitrogens with one attached hydrogen (secondary N) is 1. The Balaban J connectivity index is 3.31. The quantitative estimate of drug-likeness (QED) is 0.313. The molecule has 0 aromatic rings. The maximum Gasteiger partial charge on any atom is 0.320 e. The molecule has 0 aliphatic carbocycles. The van der Waals surface area contributed by atoms with E-state index in [4.69, 9.17) is 15.7 Å². The average molecular weight is 196 g/mol. The molecule has 0 radical (unpaired) electrons. The molecule has 72 valence electrons. The molecule has 0 aliphatic heterocycles. The minimum Gasteiger partial charge on any atom is -0.480 e. The van der Waals surface area contributed by atoms with Gasteiger partial charge in [0.2, 0.25) is 8.03 Å². The van der Waals surface area contributed by atoms with E-state index in [0.29, 0.717) is 6.54 Å². The molecular weight excluding hydrogens is 183 g/mol. The number of hydrogen-bond acceptors (Lipinski definition) is 4. The number of carbonyl (C=O) groups is 1. The molecule has 0 saturated heterocycles. The summed E-state index contributed by atoms with van der Waals surface area (Å²) in [5.41, 5.74) is 5.16. The van der Waals surface area contributed by atoms with Gasteiger partial charge in [0.15, 0.2) is 0 Å². The SMILES string of the molecule is NC(CCNC[PH](=O)O)C(=O)O. The van der Waals surface area contributed by atoms with Gasteiger partial charge in [0.05, 0.1) is 6.29 Å². The lowest BCUT2D eigenvalue weighted by Gasteiger charge is -2.05. The number of aliphatic carboxylic acids is 1. The Morgan fingerprint density at radius 2 is 2.25 bits per heavy atom. The molecular formula is C5H13N2O4P. The third-order valence-electron chi connectivity index (χ3n) is 1.23. The standard InChI is InChI=1S/C5H13N2O4P/c6-4(5(8)9)1-2-7-3-12(10)11/h4,7,12H,1-3,6H2,(H,8,9)(H,10,11). The highest BCUT2D eigenvalue weighted by Gasteiger charge is 2.09. The molecule has 6 nitrogen and oxygen atoms in total. The van der Waals surface area contributed by atoms with Crippen LogP contribution in [0.15, 0.2) is 0 Å². The van der Waals surface area contributed by atoms with E-state index in [1.165, 1.54) is 0 Å². The van der Waals surface area contributed by atoms with E-state index in [9.17, 15) is 9.36 Å². The molecule has 0 aliphatic rings. The Hall–Kier alpha value is -0.420. The van der Waals surface area contributed by atoms with Crippen LogP contribution in [-0.2, 0) is 9.36 Å². The summed E-state index contributed by atoms with van der Waals surface area (Å²) in [5, 5.41) is 10.9. The van der Waals surface area contributed by atoms with Crippen LogP contribution in [-0.4, -0.2) is 34.8 Å². The summed E-state index contributed by atoms with van der Waals surface area (Å²) >= 11 is 0. The van der Waals surface area contributed by atoms with Crippen molar-refractivity contribution in [1.29, 1.82) is 0 Å². The second kappa shape index (κ2) is 6.14. The van der Waals surface area contributed by atoms with Crippen LogP contribution >= 0.6 is 8.03 Å². The summed E-state index contributed by atoms with van der Waals surface area (Å²) in [4.78, 5) is 18.5. The van der Waals surface area contributed by atoms with Gasteiger partial charge in [0, 0.05) is 0 Å². The molecule has 0 aromatic carbocycles. The molecule has 7 heteroatoms. The smallest absolute Gasteiger partial charge is 0.320 e. The van der Waals surface area contributed by atoms with Crippen molar-refractivity contribution in [1.82, 2.24) is 5.32 Å². The van der Waals surface area contributed by atoms with Crippen molar-refractivity contribution in [3.8, 4) is 0 Å². The molecule has 2 atom stereocenters. The van der Waals surface area contributed by atoms with E-state index in [-0.39, 0.29) is 12.7 Å². The highest BCUT2D eigenvalue weighted by Crippen LogP contribution is 2.07. The fourth-order valence-electron chi connectivity index (χ4n) is 0.576. The summed E-state index contributed by atoms with van der Waals surface area (Å²) in [7, 11) is -2.50.